The second-order valence-corrected chi connectivity index (χ2v) is 8.21. The van der Waals surface area contributed by atoms with Gasteiger partial charge in [-0.05, 0) is 36.5 Å². The van der Waals surface area contributed by atoms with Crippen molar-refractivity contribution in [3.8, 4) is 0 Å². The minimum atomic E-state index is -0.192. The Labute approximate surface area is 173 Å². The number of benzene rings is 1. The number of amides is 2. The zero-order valence-electron chi connectivity index (χ0n) is 16.5. The third-order valence-corrected chi connectivity index (χ3v) is 6.10. The Bertz CT molecular complexity index is 1020. The number of carbonyl (C=O) groups is 2. The maximum atomic E-state index is 12.5. The predicted molar refractivity (Wildman–Crippen MR) is 113 cm³/mol. The van der Waals surface area contributed by atoms with Crippen molar-refractivity contribution in [1.82, 2.24) is 24.1 Å². The van der Waals surface area contributed by atoms with Crippen molar-refractivity contribution in [3.63, 3.8) is 0 Å². The van der Waals surface area contributed by atoms with Gasteiger partial charge in [0.05, 0.1) is 11.8 Å². The van der Waals surface area contributed by atoms with Crippen molar-refractivity contribution in [2.24, 2.45) is 0 Å². The van der Waals surface area contributed by atoms with E-state index in [0.717, 1.165) is 31.4 Å². The molecule has 0 bridgehead atoms. The van der Waals surface area contributed by atoms with Crippen molar-refractivity contribution in [1.29, 1.82) is 0 Å². The molecule has 1 fully saturated rings. The van der Waals surface area contributed by atoms with Gasteiger partial charge in [0.15, 0.2) is 0 Å². The lowest BCUT2D eigenvalue weighted by Crippen LogP contribution is -2.44. The highest BCUT2D eigenvalue weighted by Gasteiger charge is 2.24. The summed E-state index contributed by atoms with van der Waals surface area (Å²) in [5, 5.41) is 5.47. The summed E-state index contributed by atoms with van der Waals surface area (Å²) in [6.45, 7) is 1.93. The van der Waals surface area contributed by atoms with Crippen molar-refractivity contribution in [2.45, 2.75) is 25.4 Å². The van der Waals surface area contributed by atoms with Crippen LogP contribution in [0.2, 0.25) is 0 Å². The lowest BCUT2D eigenvalue weighted by molar-refractivity contribution is -0.129. The summed E-state index contributed by atoms with van der Waals surface area (Å²) in [5.41, 5.74) is 1.37. The first-order valence-electron chi connectivity index (χ1n) is 9.63. The smallest absolute Gasteiger partial charge is 0.271 e. The first kappa shape index (κ1) is 19.4. The minimum Gasteiger partial charge on any atom is -0.362 e. The molecule has 0 atom stereocenters. The molecule has 152 valence electrons. The number of imidazole rings is 1. The van der Waals surface area contributed by atoms with Gasteiger partial charge in [-0.1, -0.05) is 12.1 Å². The van der Waals surface area contributed by atoms with E-state index in [-0.39, 0.29) is 24.4 Å². The largest absolute Gasteiger partial charge is 0.362 e. The Morgan fingerprint density at radius 2 is 2.00 bits per heavy atom. The van der Waals surface area contributed by atoms with Crippen molar-refractivity contribution in [2.75, 3.05) is 32.1 Å². The van der Waals surface area contributed by atoms with Gasteiger partial charge in [-0.2, -0.15) is 4.37 Å². The number of fused-ring (bicyclic) bond motifs is 1. The topological polar surface area (TPSA) is 83.4 Å². The Balaban J connectivity index is 1.32. The molecule has 29 heavy (non-hydrogen) atoms. The molecule has 0 saturated carbocycles. The number of hydrogen-bond donors (Lipinski definition) is 1. The van der Waals surface area contributed by atoms with Crippen LogP contribution < -0.4 is 10.2 Å². The van der Waals surface area contributed by atoms with E-state index >= 15 is 0 Å². The fourth-order valence-corrected chi connectivity index (χ4v) is 4.36. The molecule has 0 spiro atoms. The SMILES string of the molecule is CN(C)C(=O)Cn1cnc(C(=O)NC2CCN(c3snc4ccccc34)CC2)c1. The zero-order valence-corrected chi connectivity index (χ0v) is 17.4. The number of hydrogen-bond acceptors (Lipinski definition) is 6. The molecule has 3 heterocycles. The molecule has 2 aromatic heterocycles. The molecular weight excluding hydrogens is 388 g/mol. The van der Waals surface area contributed by atoms with Gasteiger partial charge in [-0.25, -0.2) is 4.98 Å². The summed E-state index contributed by atoms with van der Waals surface area (Å²) in [7, 11) is 3.41. The summed E-state index contributed by atoms with van der Waals surface area (Å²) in [4.78, 5) is 32.3. The summed E-state index contributed by atoms with van der Waals surface area (Å²) in [6, 6.07) is 8.31. The van der Waals surface area contributed by atoms with Crippen LogP contribution in [0.25, 0.3) is 10.9 Å². The highest BCUT2D eigenvalue weighted by atomic mass is 32.1. The van der Waals surface area contributed by atoms with Crippen LogP contribution >= 0.6 is 11.5 Å². The molecule has 0 unspecified atom stereocenters. The molecule has 1 N–H and O–H groups in total. The number of nitrogens with zero attached hydrogens (tertiary/aromatic N) is 5. The van der Waals surface area contributed by atoms with E-state index < -0.39 is 0 Å². The summed E-state index contributed by atoms with van der Waals surface area (Å²) >= 11 is 1.54. The molecule has 1 aliphatic heterocycles. The van der Waals surface area contributed by atoms with E-state index in [0.29, 0.717) is 5.69 Å². The standard InChI is InChI=1S/C20H24N6O2S/c1-24(2)18(27)12-25-11-17(21-13-25)19(28)22-14-7-9-26(10-8-14)20-15-5-3-4-6-16(15)23-29-20/h3-6,11,13-14H,7-10,12H2,1-2H3,(H,22,28). The summed E-state index contributed by atoms with van der Waals surface area (Å²) in [6.07, 6.45) is 4.89. The highest BCUT2D eigenvalue weighted by Crippen LogP contribution is 2.32. The average molecular weight is 413 g/mol. The minimum absolute atomic E-state index is 0.0441. The average Bonchev–Trinajstić information content (AvgIpc) is 3.36. The quantitative estimate of drug-likeness (QED) is 0.693. The van der Waals surface area contributed by atoms with Crippen LogP contribution in [0.3, 0.4) is 0 Å². The van der Waals surface area contributed by atoms with Crippen LogP contribution in [0, 0.1) is 0 Å². The lowest BCUT2D eigenvalue weighted by Gasteiger charge is -2.32. The normalized spacial score (nSPS) is 14.9. The molecule has 1 aliphatic rings. The second kappa shape index (κ2) is 8.20. The predicted octanol–water partition coefficient (Wildman–Crippen LogP) is 1.98. The van der Waals surface area contributed by atoms with E-state index in [1.807, 2.05) is 18.2 Å². The number of rotatable bonds is 5. The van der Waals surface area contributed by atoms with Crippen LogP contribution in [0.15, 0.2) is 36.8 Å². The van der Waals surface area contributed by atoms with Gasteiger partial charge in [0.25, 0.3) is 5.91 Å². The third-order valence-electron chi connectivity index (χ3n) is 5.16. The van der Waals surface area contributed by atoms with E-state index in [1.165, 1.54) is 33.1 Å². The van der Waals surface area contributed by atoms with E-state index in [1.54, 1.807) is 24.9 Å². The molecule has 2 amide bonds. The molecular formula is C20H24N6O2S. The maximum Gasteiger partial charge on any atom is 0.271 e. The number of piperidine rings is 1. The molecule has 1 aromatic carbocycles. The first-order valence-corrected chi connectivity index (χ1v) is 10.4. The molecule has 3 aromatic rings. The van der Waals surface area contributed by atoms with Crippen LogP contribution in [0.1, 0.15) is 23.3 Å². The second-order valence-electron chi connectivity index (χ2n) is 7.46. The van der Waals surface area contributed by atoms with Crippen LogP contribution in [0.5, 0.6) is 0 Å². The first-order chi connectivity index (χ1) is 14.0. The van der Waals surface area contributed by atoms with Gasteiger partial charge in [0.2, 0.25) is 5.91 Å². The number of carbonyl (C=O) groups excluding carboxylic acids is 2. The van der Waals surface area contributed by atoms with E-state index in [9.17, 15) is 9.59 Å². The Kier molecular flexibility index (Phi) is 5.48. The van der Waals surface area contributed by atoms with Gasteiger partial charge in [0, 0.05) is 44.8 Å². The van der Waals surface area contributed by atoms with Crippen molar-refractivity contribution in [3.05, 3.63) is 42.5 Å². The summed E-state index contributed by atoms with van der Waals surface area (Å²) in [5.74, 6) is -0.236. The Morgan fingerprint density at radius 3 is 2.76 bits per heavy atom. The fraction of sp³-hybridized carbons (Fsp3) is 0.400. The molecule has 9 heteroatoms. The maximum absolute atomic E-state index is 12.5. The van der Waals surface area contributed by atoms with E-state index in [4.69, 9.17) is 0 Å². The number of aromatic nitrogens is 3. The van der Waals surface area contributed by atoms with Crippen molar-refractivity contribution < 1.29 is 9.59 Å². The van der Waals surface area contributed by atoms with Crippen LogP contribution in [0.4, 0.5) is 5.00 Å². The van der Waals surface area contributed by atoms with Gasteiger partial charge in [-0.3, -0.25) is 9.59 Å². The molecule has 0 radical (unpaired) electrons. The van der Waals surface area contributed by atoms with Gasteiger partial charge < -0.3 is 19.7 Å². The monoisotopic (exact) mass is 412 g/mol. The van der Waals surface area contributed by atoms with Gasteiger partial charge >= 0.3 is 0 Å². The Morgan fingerprint density at radius 1 is 1.24 bits per heavy atom. The molecule has 4 rings (SSSR count). The zero-order chi connectivity index (χ0) is 20.4. The Hall–Kier alpha value is -2.94. The van der Waals surface area contributed by atoms with Crippen molar-refractivity contribution >= 4 is 39.3 Å². The van der Waals surface area contributed by atoms with Gasteiger partial charge in [0.1, 0.15) is 17.2 Å². The van der Waals surface area contributed by atoms with E-state index in [2.05, 4.69) is 25.6 Å². The number of nitrogens with one attached hydrogen (secondary N) is 1. The van der Waals surface area contributed by atoms with Crippen LogP contribution in [-0.2, 0) is 11.3 Å². The molecule has 8 nitrogen and oxygen atoms in total. The number of likely N-dealkylation sites (N-methyl/N-ethyl adjacent to an activating group) is 1. The lowest BCUT2D eigenvalue weighted by atomic mass is 10.0. The molecule has 0 aliphatic carbocycles. The number of anilines is 1. The molecule has 1 saturated heterocycles. The third kappa shape index (κ3) is 4.24. The van der Waals surface area contributed by atoms with Gasteiger partial charge in [-0.15, -0.1) is 0 Å². The fourth-order valence-electron chi connectivity index (χ4n) is 3.45. The van der Waals surface area contributed by atoms with Crippen LogP contribution in [-0.4, -0.2) is 63.9 Å². The summed E-state index contributed by atoms with van der Waals surface area (Å²) < 4.78 is 6.16. The highest BCUT2D eigenvalue weighted by molar-refractivity contribution is 7.11.